The molecule has 1 aliphatic rings. The molecule has 102 valence electrons. The summed E-state index contributed by atoms with van der Waals surface area (Å²) in [4.78, 5) is 13.6. The second-order valence-electron chi connectivity index (χ2n) is 4.13. The van der Waals surface area contributed by atoms with E-state index >= 15 is 0 Å². The Labute approximate surface area is 122 Å². The molecule has 1 aromatic carbocycles. The van der Waals surface area contributed by atoms with Crippen molar-refractivity contribution in [2.24, 2.45) is 0 Å². The number of hydrogen-bond acceptors (Lipinski definition) is 4. The Morgan fingerprint density at radius 3 is 2.95 bits per heavy atom. The highest BCUT2D eigenvalue weighted by Crippen LogP contribution is 2.18. The summed E-state index contributed by atoms with van der Waals surface area (Å²) in [6.07, 6.45) is 1.67. The van der Waals surface area contributed by atoms with Crippen LogP contribution in [0.1, 0.15) is 11.1 Å². The summed E-state index contributed by atoms with van der Waals surface area (Å²) in [5.41, 5.74) is 1.62. The fourth-order valence-corrected chi connectivity index (χ4v) is 2.16. The first kappa shape index (κ1) is 14.2. The van der Waals surface area contributed by atoms with E-state index in [9.17, 15) is 4.79 Å². The van der Waals surface area contributed by atoms with Crippen LogP contribution in [0.25, 0.3) is 6.08 Å². The zero-order chi connectivity index (χ0) is 14.5. The van der Waals surface area contributed by atoms with E-state index in [1.54, 1.807) is 36.3 Å². The van der Waals surface area contributed by atoms with E-state index in [-0.39, 0.29) is 5.91 Å². The molecule has 0 bridgehead atoms. The van der Waals surface area contributed by atoms with Crippen molar-refractivity contribution in [2.75, 3.05) is 20.3 Å². The van der Waals surface area contributed by atoms with Crippen LogP contribution in [0.4, 0.5) is 0 Å². The molecule has 1 fully saturated rings. The zero-order valence-electron chi connectivity index (χ0n) is 10.9. The predicted molar refractivity (Wildman–Crippen MR) is 78.5 cm³/mol. The summed E-state index contributed by atoms with van der Waals surface area (Å²) >= 11 is 5.12. The lowest BCUT2D eigenvalue weighted by Crippen LogP contribution is -2.30. The number of methoxy groups -OCH3 is 1. The van der Waals surface area contributed by atoms with Crippen LogP contribution in [0.3, 0.4) is 0 Å². The van der Waals surface area contributed by atoms with E-state index < -0.39 is 0 Å². The molecule has 6 heteroatoms. The number of thiocarbonyl (C=S) groups is 1. The summed E-state index contributed by atoms with van der Waals surface area (Å²) < 4.78 is 5.01. The van der Waals surface area contributed by atoms with Crippen molar-refractivity contribution in [3.05, 3.63) is 41.1 Å². The number of nitrogens with one attached hydrogen (secondary N) is 1. The largest absolute Gasteiger partial charge is 0.383 e. The molecule has 0 aliphatic carbocycles. The van der Waals surface area contributed by atoms with Gasteiger partial charge in [-0.25, -0.2) is 0 Å². The molecule has 1 N–H and O–H groups in total. The average molecular weight is 287 g/mol. The molecule has 1 amide bonds. The van der Waals surface area contributed by atoms with Crippen LogP contribution >= 0.6 is 12.2 Å². The van der Waals surface area contributed by atoms with Gasteiger partial charge in [-0.15, -0.1) is 0 Å². The van der Waals surface area contributed by atoms with E-state index in [0.717, 1.165) is 0 Å². The van der Waals surface area contributed by atoms with Crippen LogP contribution in [-0.2, 0) is 9.53 Å². The Kier molecular flexibility index (Phi) is 4.45. The van der Waals surface area contributed by atoms with Gasteiger partial charge in [-0.1, -0.05) is 18.2 Å². The van der Waals surface area contributed by atoms with Gasteiger partial charge >= 0.3 is 0 Å². The maximum atomic E-state index is 11.9. The lowest BCUT2D eigenvalue weighted by molar-refractivity contribution is -0.115. The first-order chi connectivity index (χ1) is 9.67. The van der Waals surface area contributed by atoms with Crippen molar-refractivity contribution in [3.8, 4) is 6.07 Å². The van der Waals surface area contributed by atoms with E-state index in [1.807, 2.05) is 6.07 Å². The van der Waals surface area contributed by atoms with Crippen LogP contribution in [0.2, 0.25) is 0 Å². The Morgan fingerprint density at radius 1 is 1.50 bits per heavy atom. The van der Waals surface area contributed by atoms with E-state index in [0.29, 0.717) is 35.1 Å². The SMILES string of the molecule is COCCN1C(=S)NC(=O)/C1=C\c1ccccc1C#N. The Morgan fingerprint density at radius 2 is 2.25 bits per heavy atom. The van der Waals surface area contributed by atoms with Crippen molar-refractivity contribution < 1.29 is 9.53 Å². The molecule has 2 rings (SSSR count). The van der Waals surface area contributed by atoms with E-state index in [1.165, 1.54) is 0 Å². The lowest BCUT2D eigenvalue weighted by atomic mass is 10.1. The predicted octanol–water partition coefficient (Wildman–Crippen LogP) is 1.26. The number of rotatable bonds is 4. The smallest absolute Gasteiger partial charge is 0.274 e. The van der Waals surface area contributed by atoms with Gasteiger partial charge in [0, 0.05) is 13.7 Å². The molecule has 20 heavy (non-hydrogen) atoms. The van der Waals surface area contributed by atoms with Gasteiger partial charge < -0.3 is 9.64 Å². The van der Waals surface area contributed by atoms with Gasteiger partial charge in [0.05, 0.1) is 18.2 Å². The summed E-state index contributed by atoms with van der Waals surface area (Å²) in [5.74, 6) is -0.265. The second-order valence-corrected chi connectivity index (χ2v) is 4.52. The summed E-state index contributed by atoms with van der Waals surface area (Å²) in [6, 6.07) is 9.19. The van der Waals surface area contributed by atoms with Gasteiger partial charge in [0.25, 0.3) is 5.91 Å². The van der Waals surface area contributed by atoms with E-state index in [4.69, 9.17) is 22.2 Å². The molecule has 1 aromatic rings. The Balaban J connectivity index is 2.37. The van der Waals surface area contributed by atoms with Gasteiger partial charge in [0.15, 0.2) is 5.11 Å². The van der Waals surface area contributed by atoms with Crippen molar-refractivity contribution in [3.63, 3.8) is 0 Å². The van der Waals surface area contributed by atoms with Crippen molar-refractivity contribution in [2.45, 2.75) is 0 Å². The standard InChI is InChI=1S/C14H13N3O2S/c1-19-7-6-17-12(13(18)16-14(17)20)8-10-4-2-3-5-11(10)9-15/h2-5,8H,6-7H2,1H3,(H,16,18,20)/b12-8+. The maximum absolute atomic E-state index is 11.9. The molecule has 0 unspecified atom stereocenters. The van der Waals surface area contributed by atoms with Gasteiger partial charge in [-0.05, 0) is 29.9 Å². The number of carbonyl (C=O) groups is 1. The second kappa shape index (κ2) is 6.28. The minimum Gasteiger partial charge on any atom is -0.383 e. The van der Waals surface area contributed by atoms with Crippen LogP contribution < -0.4 is 5.32 Å². The number of benzene rings is 1. The summed E-state index contributed by atoms with van der Waals surface area (Å²) in [7, 11) is 1.59. The minimum atomic E-state index is -0.265. The highest BCUT2D eigenvalue weighted by Gasteiger charge is 2.29. The molecule has 1 saturated heterocycles. The number of amides is 1. The normalized spacial score (nSPS) is 16.4. The maximum Gasteiger partial charge on any atom is 0.274 e. The number of carbonyl (C=O) groups excluding carboxylic acids is 1. The van der Waals surface area contributed by atoms with Crippen LogP contribution in [0.5, 0.6) is 0 Å². The molecular weight excluding hydrogens is 274 g/mol. The highest BCUT2D eigenvalue weighted by atomic mass is 32.1. The monoisotopic (exact) mass is 287 g/mol. The molecular formula is C14H13N3O2S. The molecule has 1 heterocycles. The van der Waals surface area contributed by atoms with Gasteiger partial charge in [-0.3, -0.25) is 10.1 Å². The Bertz CT molecular complexity index is 619. The fraction of sp³-hybridized carbons (Fsp3) is 0.214. The van der Waals surface area contributed by atoms with Crippen LogP contribution in [-0.4, -0.2) is 36.2 Å². The summed E-state index contributed by atoms with van der Waals surface area (Å²) in [5, 5.41) is 12.0. The highest BCUT2D eigenvalue weighted by molar-refractivity contribution is 7.80. The Hall–Kier alpha value is -2.23. The number of ether oxygens (including phenoxy) is 1. The van der Waals surface area contributed by atoms with E-state index in [2.05, 4.69) is 11.4 Å². The molecule has 0 radical (unpaired) electrons. The molecule has 1 aliphatic heterocycles. The molecule has 0 atom stereocenters. The van der Waals surface area contributed by atoms with Crippen molar-refractivity contribution >= 4 is 29.3 Å². The van der Waals surface area contributed by atoms with Crippen molar-refractivity contribution in [1.29, 1.82) is 5.26 Å². The molecule has 0 spiro atoms. The zero-order valence-corrected chi connectivity index (χ0v) is 11.7. The number of nitriles is 1. The topological polar surface area (TPSA) is 65.4 Å². The third-order valence-electron chi connectivity index (χ3n) is 2.88. The molecule has 0 saturated carbocycles. The van der Waals surface area contributed by atoms with Crippen LogP contribution in [0, 0.1) is 11.3 Å². The number of nitrogens with zero attached hydrogens (tertiary/aromatic N) is 2. The number of hydrogen-bond donors (Lipinski definition) is 1. The van der Waals surface area contributed by atoms with Crippen LogP contribution in [0.15, 0.2) is 30.0 Å². The minimum absolute atomic E-state index is 0.265. The van der Waals surface area contributed by atoms with Gasteiger partial charge in [0.2, 0.25) is 0 Å². The third-order valence-corrected chi connectivity index (χ3v) is 3.20. The fourth-order valence-electron chi connectivity index (χ4n) is 1.88. The quantitative estimate of drug-likeness (QED) is 0.667. The van der Waals surface area contributed by atoms with Gasteiger partial charge in [0.1, 0.15) is 5.70 Å². The first-order valence-electron chi connectivity index (χ1n) is 6.00. The lowest BCUT2D eigenvalue weighted by Gasteiger charge is -2.16. The third kappa shape index (κ3) is 2.85. The first-order valence-corrected chi connectivity index (χ1v) is 6.41. The average Bonchev–Trinajstić information content (AvgIpc) is 2.71. The molecule has 5 nitrogen and oxygen atoms in total. The van der Waals surface area contributed by atoms with Crippen molar-refractivity contribution in [1.82, 2.24) is 10.2 Å². The summed E-state index contributed by atoms with van der Waals surface area (Å²) in [6.45, 7) is 0.932. The van der Waals surface area contributed by atoms with Gasteiger partial charge in [-0.2, -0.15) is 5.26 Å². The molecule has 0 aromatic heterocycles.